The molecular weight excluding hydrogens is 244 g/mol. The number of nitrogens with one attached hydrogen (secondary N) is 3. The molecule has 1 aromatic carbocycles. The fraction of sp³-hybridized carbons (Fsp3) is 0.462. The first-order valence-corrected chi connectivity index (χ1v) is 6.44. The number of anilines is 1. The number of hydrogen-bond donors (Lipinski definition) is 4. The second-order valence-corrected chi connectivity index (χ2v) is 5.14. The Balaban J connectivity index is 1.90. The third-order valence-electron chi connectivity index (χ3n) is 3.72. The maximum atomic E-state index is 11.6. The molecule has 0 aliphatic carbocycles. The molecule has 3 rings (SSSR count). The van der Waals surface area contributed by atoms with E-state index in [1.165, 1.54) is 0 Å². The normalized spacial score (nSPS) is 33.5. The number of hydrogen-bond acceptors (Lipinski definition) is 5. The second kappa shape index (κ2) is 4.48. The van der Waals surface area contributed by atoms with E-state index >= 15 is 0 Å². The summed E-state index contributed by atoms with van der Waals surface area (Å²) in [5.74, 6) is 0.572. The van der Waals surface area contributed by atoms with Gasteiger partial charge in [-0.2, -0.15) is 0 Å². The highest BCUT2D eigenvalue weighted by Crippen LogP contribution is 2.33. The van der Waals surface area contributed by atoms with Crippen LogP contribution in [0.15, 0.2) is 18.2 Å². The summed E-state index contributed by atoms with van der Waals surface area (Å²) in [6.45, 7) is 3.76. The molecule has 19 heavy (non-hydrogen) atoms. The SMILES string of the molecule is CC1Oc2ccc(C3NNC(C)C3N)cc2NC1=O. The summed E-state index contributed by atoms with van der Waals surface area (Å²) < 4.78 is 5.53. The fourth-order valence-corrected chi connectivity index (χ4v) is 2.43. The zero-order valence-corrected chi connectivity index (χ0v) is 10.9. The maximum Gasteiger partial charge on any atom is 0.265 e. The minimum Gasteiger partial charge on any atom is -0.479 e. The maximum absolute atomic E-state index is 11.6. The second-order valence-electron chi connectivity index (χ2n) is 5.14. The van der Waals surface area contributed by atoms with Crippen LogP contribution in [0.3, 0.4) is 0 Å². The van der Waals surface area contributed by atoms with Gasteiger partial charge in [0, 0.05) is 12.1 Å². The van der Waals surface area contributed by atoms with E-state index in [9.17, 15) is 4.79 Å². The van der Waals surface area contributed by atoms with Gasteiger partial charge in [0.25, 0.3) is 5.91 Å². The van der Waals surface area contributed by atoms with Gasteiger partial charge < -0.3 is 15.8 Å². The van der Waals surface area contributed by atoms with Crippen molar-refractivity contribution in [2.45, 2.75) is 38.1 Å². The van der Waals surface area contributed by atoms with Crippen molar-refractivity contribution in [2.75, 3.05) is 5.32 Å². The number of ether oxygens (including phenoxy) is 1. The average Bonchev–Trinajstić information content (AvgIpc) is 2.71. The zero-order valence-electron chi connectivity index (χ0n) is 10.9. The van der Waals surface area contributed by atoms with Crippen molar-refractivity contribution in [3.8, 4) is 5.75 Å². The molecule has 0 spiro atoms. The molecule has 102 valence electrons. The van der Waals surface area contributed by atoms with Crippen molar-refractivity contribution in [3.05, 3.63) is 23.8 Å². The molecule has 2 aliphatic rings. The van der Waals surface area contributed by atoms with Crippen molar-refractivity contribution >= 4 is 11.6 Å². The monoisotopic (exact) mass is 262 g/mol. The Hall–Kier alpha value is -1.63. The van der Waals surface area contributed by atoms with Crippen molar-refractivity contribution < 1.29 is 9.53 Å². The topological polar surface area (TPSA) is 88.4 Å². The van der Waals surface area contributed by atoms with Crippen molar-refractivity contribution in [1.29, 1.82) is 0 Å². The van der Waals surface area contributed by atoms with Crippen LogP contribution in [-0.4, -0.2) is 24.1 Å². The van der Waals surface area contributed by atoms with E-state index in [2.05, 4.69) is 16.2 Å². The van der Waals surface area contributed by atoms with Gasteiger partial charge in [0.1, 0.15) is 5.75 Å². The van der Waals surface area contributed by atoms with E-state index in [1.807, 2.05) is 25.1 Å². The number of nitrogens with two attached hydrogens (primary N) is 1. The standard InChI is InChI=1S/C13H18N4O2/c1-6-11(14)12(17-16-6)8-3-4-10-9(5-8)15-13(18)7(2)19-10/h3-7,11-12,16-17H,14H2,1-2H3,(H,15,18). The van der Waals surface area contributed by atoms with Crippen LogP contribution in [0.2, 0.25) is 0 Å². The Labute approximate surface area is 111 Å². The van der Waals surface area contributed by atoms with Crippen LogP contribution in [-0.2, 0) is 4.79 Å². The molecule has 2 heterocycles. The Bertz CT molecular complexity index is 519. The number of benzene rings is 1. The molecule has 5 N–H and O–H groups in total. The predicted molar refractivity (Wildman–Crippen MR) is 71.6 cm³/mol. The van der Waals surface area contributed by atoms with Gasteiger partial charge in [0.05, 0.1) is 11.7 Å². The van der Waals surface area contributed by atoms with Gasteiger partial charge >= 0.3 is 0 Å². The lowest BCUT2D eigenvalue weighted by Gasteiger charge is -2.25. The van der Waals surface area contributed by atoms with Crippen LogP contribution in [0.4, 0.5) is 5.69 Å². The van der Waals surface area contributed by atoms with Gasteiger partial charge in [-0.25, -0.2) is 5.43 Å². The summed E-state index contributed by atoms with van der Waals surface area (Å²) in [7, 11) is 0. The minimum atomic E-state index is -0.452. The quantitative estimate of drug-likeness (QED) is 0.583. The van der Waals surface area contributed by atoms with E-state index < -0.39 is 6.10 Å². The number of amides is 1. The Morgan fingerprint density at radius 3 is 2.74 bits per heavy atom. The largest absolute Gasteiger partial charge is 0.479 e. The third-order valence-corrected chi connectivity index (χ3v) is 3.72. The molecule has 0 bridgehead atoms. The van der Waals surface area contributed by atoms with Crippen molar-refractivity contribution in [2.24, 2.45) is 5.73 Å². The molecule has 6 heteroatoms. The van der Waals surface area contributed by atoms with Crippen molar-refractivity contribution in [3.63, 3.8) is 0 Å². The predicted octanol–water partition coefficient (Wildman–Crippen LogP) is 0.271. The molecule has 4 atom stereocenters. The molecule has 0 saturated carbocycles. The molecule has 4 unspecified atom stereocenters. The van der Waals surface area contributed by atoms with E-state index in [0.29, 0.717) is 11.4 Å². The van der Waals surface area contributed by atoms with Gasteiger partial charge in [-0.1, -0.05) is 6.07 Å². The van der Waals surface area contributed by atoms with E-state index in [-0.39, 0.29) is 24.0 Å². The smallest absolute Gasteiger partial charge is 0.265 e. The number of rotatable bonds is 1. The Morgan fingerprint density at radius 1 is 1.26 bits per heavy atom. The van der Waals surface area contributed by atoms with E-state index in [0.717, 1.165) is 5.56 Å². The van der Waals surface area contributed by atoms with Crippen LogP contribution in [0.1, 0.15) is 25.5 Å². The summed E-state index contributed by atoms with van der Waals surface area (Å²) in [4.78, 5) is 11.6. The highest BCUT2D eigenvalue weighted by molar-refractivity contribution is 5.97. The van der Waals surface area contributed by atoms with Gasteiger partial charge in [0.2, 0.25) is 0 Å². The molecule has 0 radical (unpaired) electrons. The molecular formula is C13H18N4O2. The number of carbonyl (C=O) groups is 1. The van der Waals surface area contributed by atoms with E-state index in [4.69, 9.17) is 10.5 Å². The van der Waals surface area contributed by atoms with Crippen LogP contribution in [0.25, 0.3) is 0 Å². The van der Waals surface area contributed by atoms with Gasteiger partial charge in [-0.3, -0.25) is 10.2 Å². The minimum absolute atomic E-state index is 0.0165. The van der Waals surface area contributed by atoms with Gasteiger partial charge in [-0.05, 0) is 31.5 Å². The molecule has 1 fully saturated rings. The molecule has 2 aliphatic heterocycles. The molecule has 6 nitrogen and oxygen atoms in total. The zero-order chi connectivity index (χ0) is 13.6. The Kier molecular flexibility index (Phi) is 2.93. The van der Waals surface area contributed by atoms with Crippen molar-refractivity contribution in [1.82, 2.24) is 10.9 Å². The lowest BCUT2D eigenvalue weighted by molar-refractivity contribution is -0.122. The van der Waals surface area contributed by atoms with Crippen LogP contribution in [0.5, 0.6) is 5.75 Å². The van der Waals surface area contributed by atoms with Crippen LogP contribution < -0.4 is 26.6 Å². The molecule has 1 aromatic rings. The molecule has 1 amide bonds. The highest BCUT2D eigenvalue weighted by atomic mass is 16.5. The summed E-state index contributed by atoms with van der Waals surface area (Å²) in [5.41, 5.74) is 14.2. The summed E-state index contributed by atoms with van der Waals surface area (Å²) >= 11 is 0. The first kappa shape index (κ1) is 12.4. The number of carbonyl (C=O) groups excluding carboxylic acids is 1. The lowest BCUT2D eigenvalue weighted by atomic mass is 9.97. The third kappa shape index (κ3) is 2.07. The first-order valence-electron chi connectivity index (χ1n) is 6.44. The first-order chi connectivity index (χ1) is 9.06. The summed E-state index contributed by atoms with van der Waals surface area (Å²) in [5, 5.41) is 2.85. The van der Waals surface area contributed by atoms with Crippen LogP contribution in [0, 0.1) is 0 Å². The Morgan fingerprint density at radius 2 is 2.05 bits per heavy atom. The van der Waals surface area contributed by atoms with Gasteiger partial charge in [0.15, 0.2) is 6.10 Å². The number of fused-ring (bicyclic) bond motifs is 1. The fourth-order valence-electron chi connectivity index (χ4n) is 2.43. The summed E-state index contributed by atoms with van der Waals surface area (Å²) in [6.07, 6.45) is -0.452. The van der Waals surface area contributed by atoms with E-state index in [1.54, 1.807) is 6.92 Å². The highest BCUT2D eigenvalue weighted by Gasteiger charge is 2.32. The average molecular weight is 262 g/mol. The lowest BCUT2D eigenvalue weighted by Crippen LogP contribution is -2.36. The molecule has 0 aromatic heterocycles. The van der Waals surface area contributed by atoms with Gasteiger partial charge in [-0.15, -0.1) is 0 Å². The molecule has 1 saturated heterocycles. The summed E-state index contributed by atoms with van der Waals surface area (Å²) in [6, 6.07) is 5.97. The van der Waals surface area contributed by atoms with Crippen LogP contribution >= 0.6 is 0 Å². The number of hydrazine groups is 1.